The molecule has 1 rings (SSSR count). The molecule has 0 aromatic carbocycles. The van der Waals surface area contributed by atoms with Crippen molar-refractivity contribution in [3.8, 4) is 0 Å². The van der Waals surface area contributed by atoms with E-state index in [0.717, 1.165) is 25.7 Å². The first-order valence-electron chi connectivity index (χ1n) is 4.54. The minimum absolute atomic E-state index is 0.420. The maximum Gasteiger partial charge on any atom is 0.0576 e. The van der Waals surface area contributed by atoms with Crippen molar-refractivity contribution in [2.24, 2.45) is 5.92 Å². The fourth-order valence-electron chi connectivity index (χ4n) is 1.58. The van der Waals surface area contributed by atoms with Crippen LogP contribution in [0.5, 0.6) is 0 Å². The van der Waals surface area contributed by atoms with Crippen molar-refractivity contribution < 1.29 is 9.47 Å². The maximum absolute atomic E-state index is 5.53. The van der Waals surface area contributed by atoms with E-state index in [4.69, 9.17) is 9.47 Å². The molecule has 1 atom stereocenters. The molecule has 66 valence electrons. The van der Waals surface area contributed by atoms with Crippen LogP contribution in [-0.2, 0) is 9.47 Å². The first kappa shape index (κ1) is 9.01. The quantitative estimate of drug-likeness (QED) is 0.624. The van der Waals surface area contributed by atoms with Crippen LogP contribution in [0.4, 0.5) is 0 Å². The van der Waals surface area contributed by atoms with Gasteiger partial charge in [-0.2, -0.15) is 0 Å². The van der Waals surface area contributed by atoms with E-state index in [9.17, 15) is 0 Å². The van der Waals surface area contributed by atoms with E-state index in [0.29, 0.717) is 6.10 Å². The van der Waals surface area contributed by atoms with Gasteiger partial charge in [0.2, 0.25) is 0 Å². The van der Waals surface area contributed by atoms with Gasteiger partial charge >= 0.3 is 0 Å². The van der Waals surface area contributed by atoms with Crippen LogP contribution < -0.4 is 0 Å². The van der Waals surface area contributed by atoms with Crippen LogP contribution in [0.3, 0.4) is 0 Å². The highest BCUT2D eigenvalue weighted by atomic mass is 16.5. The molecule has 0 bridgehead atoms. The Hall–Kier alpha value is -0.0800. The van der Waals surface area contributed by atoms with Crippen molar-refractivity contribution in [2.45, 2.75) is 32.8 Å². The summed E-state index contributed by atoms with van der Waals surface area (Å²) in [4.78, 5) is 0. The zero-order chi connectivity index (χ0) is 8.10. The lowest BCUT2D eigenvalue weighted by Gasteiger charge is -2.27. The molecule has 0 aromatic rings. The Kier molecular flexibility index (Phi) is 3.87. The third-order valence-corrected chi connectivity index (χ3v) is 2.36. The third-order valence-electron chi connectivity index (χ3n) is 2.36. The highest BCUT2D eigenvalue weighted by molar-refractivity contribution is 4.69. The lowest BCUT2D eigenvalue weighted by Crippen LogP contribution is -2.27. The van der Waals surface area contributed by atoms with Gasteiger partial charge in [0.1, 0.15) is 0 Å². The molecule has 1 saturated heterocycles. The lowest BCUT2D eigenvalue weighted by atomic mass is 9.95. The first-order chi connectivity index (χ1) is 5.34. The van der Waals surface area contributed by atoms with Gasteiger partial charge in [0.15, 0.2) is 0 Å². The van der Waals surface area contributed by atoms with Crippen molar-refractivity contribution in [1.82, 2.24) is 0 Å². The molecule has 1 unspecified atom stereocenters. The fourth-order valence-corrected chi connectivity index (χ4v) is 1.58. The minimum atomic E-state index is 0.420. The molecule has 1 aliphatic heterocycles. The summed E-state index contributed by atoms with van der Waals surface area (Å²) >= 11 is 0. The van der Waals surface area contributed by atoms with E-state index in [2.05, 4.69) is 13.8 Å². The third kappa shape index (κ3) is 2.80. The largest absolute Gasteiger partial charge is 0.381 e. The van der Waals surface area contributed by atoms with Crippen molar-refractivity contribution >= 4 is 0 Å². The summed E-state index contributed by atoms with van der Waals surface area (Å²) in [6, 6.07) is 0. The minimum Gasteiger partial charge on any atom is -0.381 e. The van der Waals surface area contributed by atoms with E-state index in [1.165, 1.54) is 12.8 Å². The summed E-state index contributed by atoms with van der Waals surface area (Å²) in [6.45, 7) is 6.89. The molecule has 0 amide bonds. The van der Waals surface area contributed by atoms with Crippen LogP contribution in [0, 0.1) is 5.92 Å². The predicted octanol–water partition coefficient (Wildman–Crippen LogP) is 1.84. The molecular weight excluding hydrogens is 140 g/mol. The molecule has 0 spiro atoms. The van der Waals surface area contributed by atoms with Crippen LogP contribution in [0.2, 0.25) is 0 Å². The highest BCUT2D eigenvalue weighted by Crippen LogP contribution is 2.20. The standard InChI is InChI=1S/C9H18O2/c1-3-11-8(2)9-4-6-10-7-5-9/h8-9H,3-7H2,1-2H3. The normalized spacial score (nSPS) is 23.5. The number of hydrogen-bond acceptors (Lipinski definition) is 2. The maximum atomic E-state index is 5.53. The molecule has 0 aliphatic carbocycles. The Morgan fingerprint density at radius 3 is 2.64 bits per heavy atom. The van der Waals surface area contributed by atoms with Gasteiger partial charge in [-0.15, -0.1) is 0 Å². The zero-order valence-corrected chi connectivity index (χ0v) is 7.51. The molecule has 2 heteroatoms. The second-order valence-electron chi connectivity index (χ2n) is 3.11. The molecule has 1 fully saturated rings. The molecule has 0 radical (unpaired) electrons. The Labute approximate surface area is 68.9 Å². The number of rotatable bonds is 3. The zero-order valence-electron chi connectivity index (χ0n) is 7.51. The van der Waals surface area contributed by atoms with Crippen molar-refractivity contribution in [1.29, 1.82) is 0 Å². The Bertz CT molecular complexity index is 97.7. The molecule has 0 aromatic heterocycles. The predicted molar refractivity (Wildman–Crippen MR) is 44.6 cm³/mol. The second kappa shape index (κ2) is 4.73. The second-order valence-corrected chi connectivity index (χ2v) is 3.11. The van der Waals surface area contributed by atoms with Crippen LogP contribution in [0.15, 0.2) is 0 Å². The summed E-state index contributed by atoms with van der Waals surface area (Å²) in [5, 5.41) is 0. The molecule has 11 heavy (non-hydrogen) atoms. The Morgan fingerprint density at radius 1 is 1.45 bits per heavy atom. The summed E-state index contributed by atoms with van der Waals surface area (Å²) in [5.74, 6) is 0.726. The van der Waals surface area contributed by atoms with Crippen LogP contribution in [0.25, 0.3) is 0 Å². The Balaban J connectivity index is 2.21. The van der Waals surface area contributed by atoms with E-state index in [1.807, 2.05) is 0 Å². The first-order valence-corrected chi connectivity index (χ1v) is 4.54. The smallest absolute Gasteiger partial charge is 0.0576 e. The summed E-state index contributed by atoms with van der Waals surface area (Å²) < 4.78 is 10.8. The van der Waals surface area contributed by atoms with E-state index in [-0.39, 0.29) is 0 Å². The van der Waals surface area contributed by atoms with E-state index in [1.54, 1.807) is 0 Å². The van der Waals surface area contributed by atoms with Crippen molar-refractivity contribution in [3.63, 3.8) is 0 Å². The summed E-state index contributed by atoms with van der Waals surface area (Å²) in [6.07, 6.45) is 2.76. The van der Waals surface area contributed by atoms with Crippen LogP contribution in [-0.4, -0.2) is 25.9 Å². The lowest BCUT2D eigenvalue weighted by molar-refractivity contribution is -0.0206. The number of ether oxygens (including phenoxy) is 2. The molecule has 1 heterocycles. The van der Waals surface area contributed by atoms with Gasteiger partial charge in [0.05, 0.1) is 6.10 Å². The topological polar surface area (TPSA) is 18.5 Å². The molecule has 1 aliphatic rings. The fraction of sp³-hybridized carbons (Fsp3) is 1.00. The SMILES string of the molecule is CCOC(C)C1CCOCC1. The number of hydrogen-bond donors (Lipinski definition) is 0. The van der Waals surface area contributed by atoms with Crippen molar-refractivity contribution in [3.05, 3.63) is 0 Å². The molecule has 0 saturated carbocycles. The van der Waals surface area contributed by atoms with Gasteiger partial charge in [-0.25, -0.2) is 0 Å². The van der Waals surface area contributed by atoms with Gasteiger partial charge in [-0.3, -0.25) is 0 Å². The van der Waals surface area contributed by atoms with Gasteiger partial charge in [-0.1, -0.05) is 0 Å². The van der Waals surface area contributed by atoms with Gasteiger partial charge in [-0.05, 0) is 32.6 Å². The van der Waals surface area contributed by atoms with Gasteiger partial charge in [0, 0.05) is 19.8 Å². The van der Waals surface area contributed by atoms with Crippen molar-refractivity contribution in [2.75, 3.05) is 19.8 Å². The monoisotopic (exact) mass is 158 g/mol. The Morgan fingerprint density at radius 2 is 2.09 bits per heavy atom. The molecular formula is C9H18O2. The average Bonchev–Trinajstić information content (AvgIpc) is 2.07. The summed E-state index contributed by atoms with van der Waals surface area (Å²) in [7, 11) is 0. The van der Waals surface area contributed by atoms with Crippen LogP contribution in [0.1, 0.15) is 26.7 Å². The molecule has 2 nitrogen and oxygen atoms in total. The molecule has 0 N–H and O–H groups in total. The van der Waals surface area contributed by atoms with Gasteiger partial charge < -0.3 is 9.47 Å². The average molecular weight is 158 g/mol. The van der Waals surface area contributed by atoms with Gasteiger partial charge in [0.25, 0.3) is 0 Å². The summed E-state index contributed by atoms with van der Waals surface area (Å²) in [5.41, 5.74) is 0. The van der Waals surface area contributed by atoms with E-state index >= 15 is 0 Å². The highest BCUT2D eigenvalue weighted by Gasteiger charge is 2.20. The van der Waals surface area contributed by atoms with Crippen LogP contribution >= 0.6 is 0 Å². The van der Waals surface area contributed by atoms with E-state index < -0.39 is 0 Å².